The van der Waals surface area contributed by atoms with Crippen molar-refractivity contribution < 1.29 is 9.59 Å². The maximum atomic E-state index is 12.0. The van der Waals surface area contributed by atoms with Crippen molar-refractivity contribution in [3.05, 3.63) is 12.4 Å². The van der Waals surface area contributed by atoms with E-state index in [4.69, 9.17) is 0 Å². The zero-order valence-electron chi connectivity index (χ0n) is 13.1. The van der Waals surface area contributed by atoms with Crippen molar-refractivity contribution in [1.82, 2.24) is 20.4 Å². The van der Waals surface area contributed by atoms with Gasteiger partial charge < -0.3 is 16.0 Å². The first-order chi connectivity index (χ1) is 10.7. The lowest BCUT2D eigenvalue weighted by molar-refractivity contribution is -0.122. The summed E-state index contributed by atoms with van der Waals surface area (Å²) in [4.78, 5) is 23.7. The largest absolute Gasteiger partial charge is 0.352 e. The summed E-state index contributed by atoms with van der Waals surface area (Å²) in [6.07, 6.45) is 8.08. The van der Waals surface area contributed by atoms with Gasteiger partial charge in [-0.15, -0.1) is 12.4 Å². The number of amides is 2. The van der Waals surface area contributed by atoms with E-state index in [0.717, 1.165) is 38.8 Å². The fourth-order valence-electron chi connectivity index (χ4n) is 2.72. The van der Waals surface area contributed by atoms with Crippen molar-refractivity contribution in [2.45, 2.75) is 44.7 Å². The van der Waals surface area contributed by atoms with Crippen molar-refractivity contribution in [2.24, 2.45) is 5.92 Å². The number of hydrogen-bond acceptors (Lipinski definition) is 4. The highest BCUT2D eigenvalue weighted by Crippen LogP contribution is 2.19. The van der Waals surface area contributed by atoms with Gasteiger partial charge in [0.1, 0.15) is 6.54 Å². The summed E-state index contributed by atoms with van der Waals surface area (Å²) < 4.78 is 1.55. The van der Waals surface area contributed by atoms with Crippen LogP contribution >= 0.6 is 12.4 Å². The lowest BCUT2D eigenvalue weighted by Crippen LogP contribution is -2.30. The van der Waals surface area contributed by atoms with Gasteiger partial charge in [0.15, 0.2) is 0 Å². The van der Waals surface area contributed by atoms with Gasteiger partial charge in [-0.1, -0.05) is 0 Å². The van der Waals surface area contributed by atoms with E-state index in [1.165, 1.54) is 0 Å². The maximum Gasteiger partial charge on any atom is 0.241 e. The quantitative estimate of drug-likeness (QED) is 0.717. The minimum Gasteiger partial charge on any atom is -0.352 e. The van der Waals surface area contributed by atoms with Crippen LogP contribution in [-0.2, 0) is 16.1 Å². The number of rotatable bonds is 6. The highest BCUT2D eigenvalue weighted by atomic mass is 35.5. The van der Waals surface area contributed by atoms with Crippen LogP contribution in [0.25, 0.3) is 0 Å². The number of nitrogens with one attached hydrogen (secondary N) is 3. The third-order valence-electron chi connectivity index (χ3n) is 4.10. The third-order valence-corrected chi connectivity index (χ3v) is 4.10. The molecule has 1 aliphatic carbocycles. The molecule has 23 heavy (non-hydrogen) atoms. The number of anilines is 1. The van der Waals surface area contributed by atoms with E-state index in [9.17, 15) is 9.59 Å². The van der Waals surface area contributed by atoms with Crippen LogP contribution < -0.4 is 16.0 Å². The van der Waals surface area contributed by atoms with E-state index in [1.54, 1.807) is 17.1 Å². The van der Waals surface area contributed by atoms with Crippen molar-refractivity contribution in [3.8, 4) is 0 Å². The zero-order valence-corrected chi connectivity index (χ0v) is 13.9. The standard InChI is InChI=1S/C15H23N5O2.ClH/c21-14(7-11-3-5-16-6-4-11)19-13-8-17-20(9-13)10-15(22)18-12-1-2-12;/h8-9,11-12,16H,1-7,10H2,(H,18,22)(H,19,21);1H. The van der Waals surface area contributed by atoms with Gasteiger partial charge in [-0.3, -0.25) is 14.3 Å². The summed E-state index contributed by atoms with van der Waals surface area (Å²) in [7, 11) is 0. The SMILES string of the molecule is Cl.O=C(CC1CCNCC1)Nc1cnn(CC(=O)NC2CC2)c1. The molecule has 2 heterocycles. The van der Waals surface area contributed by atoms with Gasteiger partial charge in [0.25, 0.3) is 0 Å². The Morgan fingerprint density at radius 2 is 1.96 bits per heavy atom. The topological polar surface area (TPSA) is 88.1 Å². The summed E-state index contributed by atoms with van der Waals surface area (Å²) in [5.41, 5.74) is 0.651. The summed E-state index contributed by atoms with van der Waals surface area (Å²) in [5.74, 6) is 0.452. The van der Waals surface area contributed by atoms with Crippen LogP contribution in [0.15, 0.2) is 12.4 Å². The molecule has 0 atom stereocenters. The summed E-state index contributed by atoms with van der Waals surface area (Å²) in [6, 6.07) is 0.354. The number of halogens is 1. The molecule has 1 aromatic rings. The molecule has 2 aliphatic rings. The van der Waals surface area contributed by atoms with Crippen molar-refractivity contribution in [2.75, 3.05) is 18.4 Å². The van der Waals surface area contributed by atoms with Crippen LogP contribution in [0.3, 0.4) is 0 Å². The first-order valence-corrected chi connectivity index (χ1v) is 8.01. The molecule has 128 valence electrons. The molecule has 0 bridgehead atoms. The van der Waals surface area contributed by atoms with E-state index < -0.39 is 0 Å². The molecular weight excluding hydrogens is 318 g/mol. The second kappa shape index (κ2) is 8.31. The van der Waals surface area contributed by atoms with Gasteiger partial charge in [-0.05, 0) is 44.7 Å². The normalized spacial score (nSPS) is 18.1. The van der Waals surface area contributed by atoms with E-state index in [1.807, 2.05) is 0 Å². The fourth-order valence-corrected chi connectivity index (χ4v) is 2.72. The summed E-state index contributed by atoms with van der Waals surface area (Å²) >= 11 is 0. The van der Waals surface area contributed by atoms with Crippen LogP contribution in [0, 0.1) is 5.92 Å². The molecule has 1 aromatic heterocycles. The van der Waals surface area contributed by atoms with E-state index >= 15 is 0 Å². The Hall–Kier alpha value is -1.60. The maximum absolute atomic E-state index is 12.0. The number of hydrogen-bond donors (Lipinski definition) is 3. The molecular formula is C15H24ClN5O2. The molecule has 0 unspecified atom stereocenters. The van der Waals surface area contributed by atoms with Crippen molar-refractivity contribution in [3.63, 3.8) is 0 Å². The molecule has 7 nitrogen and oxygen atoms in total. The molecule has 1 aliphatic heterocycles. The average molecular weight is 342 g/mol. The Labute approximate surface area is 142 Å². The summed E-state index contributed by atoms with van der Waals surface area (Å²) in [6.45, 7) is 2.18. The van der Waals surface area contributed by atoms with E-state index in [0.29, 0.717) is 24.1 Å². The monoisotopic (exact) mass is 341 g/mol. The third kappa shape index (κ3) is 5.84. The lowest BCUT2D eigenvalue weighted by Gasteiger charge is -2.21. The number of nitrogens with zero attached hydrogens (tertiary/aromatic N) is 2. The lowest BCUT2D eigenvalue weighted by atomic mass is 9.94. The van der Waals surface area contributed by atoms with Gasteiger partial charge in [0.05, 0.1) is 11.9 Å². The number of piperidine rings is 1. The minimum atomic E-state index is -0.0295. The Morgan fingerprint density at radius 1 is 1.22 bits per heavy atom. The number of carbonyl (C=O) groups excluding carboxylic acids is 2. The molecule has 0 spiro atoms. The molecule has 2 fully saturated rings. The number of carbonyl (C=O) groups is 2. The van der Waals surface area contributed by atoms with Crippen LogP contribution in [0.1, 0.15) is 32.1 Å². The molecule has 3 N–H and O–H groups in total. The van der Waals surface area contributed by atoms with Gasteiger partial charge in [-0.25, -0.2) is 0 Å². The average Bonchev–Trinajstić information content (AvgIpc) is 3.19. The highest BCUT2D eigenvalue weighted by molar-refractivity contribution is 5.90. The van der Waals surface area contributed by atoms with E-state index in [2.05, 4.69) is 21.0 Å². The Kier molecular flexibility index (Phi) is 6.41. The Bertz CT molecular complexity index is 538. The Balaban J connectivity index is 0.00000192. The Morgan fingerprint density at radius 3 is 2.65 bits per heavy atom. The van der Waals surface area contributed by atoms with E-state index in [-0.39, 0.29) is 30.8 Å². The first-order valence-electron chi connectivity index (χ1n) is 8.01. The van der Waals surface area contributed by atoms with Crippen molar-refractivity contribution in [1.29, 1.82) is 0 Å². The van der Waals surface area contributed by atoms with Crippen LogP contribution in [0.4, 0.5) is 5.69 Å². The molecule has 8 heteroatoms. The second-order valence-electron chi connectivity index (χ2n) is 6.21. The summed E-state index contributed by atoms with van der Waals surface area (Å²) in [5, 5.41) is 13.2. The first kappa shape index (κ1) is 17.7. The molecule has 0 radical (unpaired) electrons. The molecule has 0 aromatic carbocycles. The van der Waals surface area contributed by atoms with Crippen molar-refractivity contribution >= 4 is 29.9 Å². The van der Waals surface area contributed by atoms with Crippen LogP contribution in [0.5, 0.6) is 0 Å². The van der Waals surface area contributed by atoms with Crippen LogP contribution in [0.2, 0.25) is 0 Å². The molecule has 3 rings (SSSR count). The predicted octanol–water partition coefficient (Wildman–Crippen LogP) is 0.912. The van der Waals surface area contributed by atoms with Gasteiger partial charge in [0, 0.05) is 18.7 Å². The number of aromatic nitrogens is 2. The van der Waals surface area contributed by atoms with Gasteiger partial charge in [-0.2, -0.15) is 5.10 Å². The highest BCUT2D eigenvalue weighted by Gasteiger charge is 2.23. The van der Waals surface area contributed by atoms with Gasteiger partial charge >= 0.3 is 0 Å². The molecule has 1 saturated heterocycles. The zero-order chi connectivity index (χ0) is 15.4. The molecule has 2 amide bonds. The molecule has 1 saturated carbocycles. The van der Waals surface area contributed by atoms with Crippen LogP contribution in [-0.4, -0.2) is 40.7 Å². The second-order valence-corrected chi connectivity index (χ2v) is 6.21. The fraction of sp³-hybridized carbons (Fsp3) is 0.667. The van der Waals surface area contributed by atoms with Gasteiger partial charge in [0.2, 0.25) is 11.8 Å². The smallest absolute Gasteiger partial charge is 0.241 e. The minimum absolute atomic E-state index is 0. The predicted molar refractivity (Wildman–Crippen MR) is 89.5 cm³/mol.